The Morgan fingerprint density at radius 1 is 0.967 bits per heavy atom. The van der Waals surface area contributed by atoms with E-state index < -0.39 is 17.8 Å². The SMILES string of the molecule is CCOC(=O)/C=C(/C(=O)OCC)N(/N=C/c1ccc(Cl)cc1)C(=O)c1ccccc1. The highest BCUT2D eigenvalue weighted by molar-refractivity contribution is 6.30. The standard InChI is InChI=1S/C22H21ClN2O5/c1-3-29-20(26)14-19(22(28)30-4-2)25(21(27)17-8-6-5-7-9-17)24-15-16-10-12-18(23)13-11-16/h5-15H,3-4H2,1-2H3/b19-14-,24-15+. The molecule has 7 nitrogen and oxygen atoms in total. The van der Waals surface area contributed by atoms with Crippen molar-refractivity contribution in [2.24, 2.45) is 5.10 Å². The van der Waals surface area contributed by atoms with E-state index in [9.17, 15) is 14.4 Å². The molecule has 2 aromatic rings. The zero-order valence-corrected chi connectivity index (χ0v) is 17.3. The summed E-state index contributed by atoms with van der Waals surface area (Å²) in [5, 5.41) is 5.51. The maximum absolute atomic E-state index is 13.1. The van der Waals surface area contributed by atoms with E-state index >= 15 is 0 Å². The molecule has 0 spiro atoms. The van der Waals surface area contributed by atoms with Crippen LogP contribution in [0.15, 0.2) is 71.5 Å². The highest BCUT2D eigenvalue weighted by Crippen LogP contribution is 2.15. The van der Waals surface area contributed by atoms with Gasteiger partial charge in [-0.2, -0.15) is 10.1 Å². The molecule has 0 saturated carbocycles. The van der Waals surface area contributed by atoms with Gasteiger partial charge in [0.05, 0.1) is 25.5 Å². The number of nitrogens with zero attached hydrogens (tertiary/aromatic N) is 2. The largest absolute Gasteiger partial charge is 0.463 e. The van der Waals surface area contributed by atoms with Crippen molar-refractivity contribution in [3.63, 3.8) is 0 Å². The molecule has 1 amide bonds. The van der Waals surface area contributed by atoms with Gasteiger partial charge in [0.2, 0.25) is 0 Å². The summed E-state index contributed by atoms with van der Waals surface area (Å²) in [7, 11) is 0. The number of carbonyl (C=O) groups excluding carboxylic acids is 3. The first-order chi connectivity index (χ1) is 14.5. The smallest absolute Gasteiger partial charge is 0.357 e. The lowest BCUT2D eigenvalue weighted by molar-refractivity contribution is -0.142. The van der Waals surface area contributed by atoms with Crippen LogP contribution in [0.2, 0.25) is 5.02 Å². The molecule has 0 N–H and O–H groups in total. The molecule has 156 valence electrons. The Hall–Kier alpha value is -3.45. The molecule has 0 aliphatic heterocycles. The zero-order chi connectivity index (χ0) is 21.9. The fraction of sp³-hybridized carbons (Fsp3) is 0.182. The number of carbonyl (C=O) groups is 3. The molecule has 0 fully saturated rings. The van der Waals surface area contributed by atoms with Gasteiger partial charge >= 0.3 is 11.9 Å². The van der Waals surface area contributed by atoms with E-state index in [0.717, 1.165) is 11.1 Å². The zero-order valence-electron chi connectivity index (χ0n) is 16.6. The van der Waals surface area contributed by atoms with Crippen LogP contribution < -0.4 is 0 Å². The summed E-state index contributed by atoms with van der Waals surface area (Å²) >= 11 is 5.89. The first-order valence-corrected chi connectivity index (χ1v) is 9.58. The summed E-state index contributed by atoms with van der Waals surface area (Å²) in [6, 6.07) is 14.9. The maximum Gasteiger partial charge on any atom is 0.357 e. The van der Waals surface area contributed by atoms with Crippen LogP contribution in [0.3, 0.4) is 0 Å². The molecule has 0 aliphatic rings. The Balaban J connectivity index is 2.51. The first-order valence-electron chi connectivity index (χ1n) is 9.20. The molecular weight excluding hydrogens is 408 g/mol. The van der Waals surface area contributed by atoms with E-state index in [0.29, 0.717) is 10.6 Å². The van der Waals surface area contributed by atoms with E-state index in [1.165, 1.54) is 6.21 Å². The Bertz CT molecular complexity index is 940. The number of hydrogen-bond acceptors (Lipinski definition) is 6. The molecule has 0 unspecified atom stereocenters. The quantitative estimate of drug-likeness (QED) is 0.276. The third-order valence-corrected chi connectivity index (χ3v) is 3.91. The van der Waals surface area contributed by atoms with Gasteiger partial charge in [-0.25, -0.2) is 9.59 Å². The minimum atomic E-state index is -0.886. The van der Waals surface area contributed by atoms with Gasteiger partial charge in [-0.15, -0.1) is 0 Å². The Morgan fingerprint density at radius 2 is 1.60 bits per heavy atom. The van der Waals surface area contributed by atoms with Crippen LogP contribution in [-0.4, -0.2) is 42.3 Å². The third kappa shape index (κ3) is 6.56. The summed E-state index contributed by atoms with van der Waals surface area (Å²) < 4.78 is 9.90. The van der Waals surface area contributed by atoms with Crippen molar-refractivity contribution in [3.8, 4) is 0 Å². The summed E-state index contributed by atoms with van der Waals surface area (Å²) in [6.07, 6.45) is 2.26. The second kappa shape index (κ2) is 11.5. The van der Waals surface area contributed by atoms with Gasteiger partial charge in [0.1, 0.15) is 0 Å². The molecular formula is C22H21ClN2O5. The van der Waals surface area contributed by atoms with E-state index in [-0.39, 0.29) is 24.5 Å². The van der Waals surface area contributed by atoms with Crippen LogP contribution in [-0.2, 0) is 19.1 Å². The Morgan fingerprint density at radius 3 is 2.20 bits per heavy atom. The average Bonchev–Trinajstić information content (AvgIpc) is 2.75. The number of esters is 2. The number of ether oxygens (including phenoxy) is 2. The molecule has 0 heterocycles. The Kier molecular flexibility index (Phi) is 8.77. The predicted molar refractivity (Wildman–Crippen MR) is 113 cm³/mol. The van der Waals surface area contributed by atoms with Crippen LogP contribution in [0.1, 0.15) is 29.8 Å². The van der Waals surface area contributed by atoms with E-state index in [1.54, 1.807) is 68.4 Å². The lowest BCUT2D eigenvalue weighted by Crippen LogP contribution is -2.31. The monoisotopic (exact) mass is 428 g/mol. The molecule has 0 saturated heterocycles. The highest BCUT2D eigenvalue weighted by Gasteiger charge is 2.27. The third-order valence-electron chi connectivity index (χ3n) is 3.66. The van der Waals surface area contributed by atoms with Crippen molar-refractivity contribution < 1.29 is 23.9 Å². The van der Waals surface area contributed by atoms with Crippen LogP contribution in [0.25, 0.3) is 0 Å². The van der Waals surface area contributed by atoms with Gasteiger partial charge < -0.3 is 9.47 Å². The normalized spacial score (nSPS) is 11.2. The van der Waals surface area contributed by atoms with Gasteiger partial charge in [-0.05, 0) is 43.7 Å². The fourth-order valence-corrected chi connectivity index (χ4v) is 2.43. The van der Waals surface area contributed by atoms with Gasteiger partial charge in [0.25, 0.3) is 5.91 Å². The van der Waals surface area contributed by atoms with Crippen molar-refractivity contribution in [1.29, 1.82) is 0 Å². The van der Waals surface area contributed by atoms with Gasteiger partial charge in [-0.3, -0.25) is 4.79 Å². The lowest BCUT2D eigenvalue weighted by atomic mass is 10.2. The lowest BCUT2D eigenvalue weighted by Gasteiger charge is -2.19. The summed E-state index contributed by atoms with van der Waals surface area (Å²) in [5.74, 6) is -2.30. The van der Waals surface area contributed by atoms with Crippen molar-refractivity contribution in [3.05, 3.63) is 82.5 Å². The number of hydrogen-bond donors (Lipinski definition) is 0. The van der Waals surface area contributed by atoms with E-state index in [1.807, 2.05) is 0 Å². The number of benzene rings is 2. The molecule has 2 rings (SSSR count). The second-order valence-corrected chi connectivity index (χ2v) is 6.22. The van der Waals surface area contributed by atoms with Gasteiger partial charge in [-0.1, -0.05) is 41.9 Å². The molecule has 8 heteroatoms. The predicted octanol–water partition coefficient (Wildman–Crippen LogP) is 3.83. The molecule has 0 atom stereocenters. The summed E-state index contributed by atoms with van der Waals surface area (Å²) in [5.41, 5.74) is 0.531. The van der Waals surface area contributed by atoms with E-state index in [4.69, 9.17) is 21.1 Å². The molecule has 0 bridgehead atoms. The minimum Gasteiger partial charge on any atom is -0.463 e. The molecule has 0 aliphatic carbocycles. The van der Waals surface area contributed by atoms with Crippen molar-refractivity contribution in [2.45, 2.75) is 13.8 Å². The molecule has 30 heavy (non-hydrogen) atoms. The average molecular weight is 429 g/mol. The molecule has 0 aromatic heterocycles. The number of hydrazone groups is 1. The summed E-state index contributed by atoms with van der Waals surface area (Å²) in [4.78, 5) is 37.7. The van der Waals surface area contributed by atoms with E-state index in [2.05, 4.69) is 5.10 Å². The van der Waals surface area contributed by atoms with Crippen molar-refractivity contribution >= 4 is 35.7 Å². The molecule has 2 aromatic carbocycles. The van der Waals surface area contributed by atoms with Crippen molar-refractivity contribution in [1.82, 2.24) is 5.01 Å². The topological polar surface area (TPSA) is 85.3 Å². The highest BCUT2D eigenvalue weighted by atomic mass is 35.5. The van der Waals surface area contributed by atoms with Gasteiger partial charge in [0, 0.05) is 10.6 Å². The minimum absolute atomic E-state index is 0.0489. The first kappa shape index (κ1) is 22.8. The number of amides is 1. The Labute approximate surface area is 179 Å². The maximum atomic E-state index is 13.1. The fourth-order valence-electron chi connectivity index (χ4n) is 2.31. The van der Waals surface area contributed by atoms with Crippen LogP contribution in [0.5, 0.6) is 0 Å². The summed E-state index contributed by atoms with van der Waals surface area (Å²) in [6.45, 7) is 3.39. The van der Waals surface area contributed by atoms with Gasteiger partial charge in [0.15, 0.2) is 5.70 Å². The van der Waals surface area contributed by atoms with Crippen LogP contribution >= 0.6 is 11.6 Å². The molecule has 0 radical (unpaired) electrons. The second-order valence-electron chi connectivity index (χ2n) is 5.78. The number of halogens is 1. The number of rotatable bonds is 8. The van der Waals surface area contributed by atoms with Crippen LogP contribution in [0.4, 0.5) is 0 Å². The van der Waals surface area contributed by atoms with Crippen LogP contribution in [0, 0.1) is 0 Å². The van der Waals surface area contributed by atoms with Crippen molar-refractivity contribution in [2.75, 3.05) is 13.2 Å².